The molecule has 1 aromatic carbocycles. The molecule has 0 saturated heterocycles. The molecule has 3 aromatic rings. The van der Waals surface area contributed by atoms with Gasteiger partial charge in [-0.3, -0.25) is 9.36 Å². The van der Waals surface area contributed by atoms with Crippen LogP contribution >= 0.6 is 11.3 Å². The third kappa shape index (κ3) is 3.22. The topological polar surface area (TPSA) is 34.9 Å². The Morgan fingerprint density at radius 3 is 2.61 bits per heavy atom. The maximum absolute atomic E-state index is 12.8. The normalized spacial score (nSPS) is 11.2. The maximum atomic E-state index is 12.8. The van der Waals surface area contributed by atoms with Gasteiger partial charge < -0.3 is 0 Å². The van der Waals surface area contributed by atoms with Crippen LogP contribution in [-0.2, 0) is 13.0 Å². The van der Waals surface area contributed by atoms with Crippen LogP contribution in [0.4, 0.5) is 0 Å². The Kier molecular flexibility index (Phi) is 4.91. The van der Waals surface area contributed by atoms with Crippen LogP contribution in [0.5, 0.6) is 0 Å². The van der Waals surface area contributed by atoms with Crippen LogP contribution in [0.1, 0.15) is 38.7 Å². The minimum Gasteiger partial charge on any atom is -0.299 e. The zero-order valence-corrected chi connectivity index (χ0v) is 14.5. The third-order valence-corrected chi connectivity index (χ3v) is 5.12. The summed E-state index contributed by atoms with van der Waals surface area (Å²) in [7, 11) is 0. The first kappa shape index (κ1) is 15.9. The molecule has 0 radical (unpaired) electrons. The minimum absolute atomic E-state index is 0.0851. The lowest BCUT2D eigenvalue weighted by molar-refractivity contribution is 0.584. The summed E-state index contributed by atoms with van der Waals surface area (Å²) in [5.41, 5.74) is 3.50. The summed E-state index contributed by atoms with van der Waals surface area (Å²) in [6.45, 7) is 5.06. The van der Waals surface area contributed by atoms with Gasteiger partial charge in [-0.25, -0.2) is 4.98 Å². The number of aryl methyl sites for hydroxylation is 2. The highest BCUT2D eigenvalue weighted by molar-refractivity contribution is 7.17. The van der Waals surface area contributed by atoms with E-state index in [-0.39, 0.29) is 5.56 Å². The molecular formula is C19H22N2OS. The lowest BCUT2D eigenvalue weighted by atomic mass is 10.0. The van der Waals surface area contributed by atoms with Gasteiger partial charge in [0.1, 0.15) is 4.83 Å². The molecule has 3 rings (SSSR count). The quantitative estimate of drug-likeness (QED) is 0.605. The lowest BCUT2D eigenvalue weighted by Crippen LogP contribution is -2.20. The Hall–Kier alpha value is -1.94. The molecular weight excluding hydrogens is 304 g/mol. The molecule has 0 aliphatic carbocycles. The van der Waals surface area contributed by atoms with Gasteiger partial charge in [0.25, 0.3) is 5.56 Å². The van der Waals surface area contributed by atoms with E-state index in [1.54, 1.807) is 22.2 Å². The molecule has 4 heteroatoms. The van der Waals surface area contributed by atoms with Crippen LogP contribution < -0.4 is 5.56 Å². The second kappa shape index (κ2) is 7.09. The molecule has 0 fully saturated rings. The molecule has 0 amide bonds. The number of fused-ring (bicyclic) bond motifs is 1. The van der Waals surface area contributed by atoms with Crippen LogP contribution in [0.25, 0.3) is 21.3 Å². The molecule has 0 saturated carbocycles. The van der Waals surface area contributed by atoms with E-state index in [1.807, 2.05) is 0 Å². The van der Waals surface area contributed by atoms with Crippen molar-refractivity contribution in [3.8, 4) is 11.1 Å². The van der Waals surface area contributed by atoms with Crippen molar-refractivity contribution >= 4 is 21.6 Å². The highest BCUT2D eigenvalue weighted by Gasteiger charge is 2.13. The standard InChI is InChI=1S/C19H22N2OS/c1-3-5-6-11-21-13-20-18-17(19(21)22)16(12-23-18)15-9-7-14(4-2)8-10-15/h7-10,12-13H,3-6,11H2,1-2H3. The number of aromatic nitrogens is 2. The van der Waals surface area contributed by atoms with E-state index in [9.17, 15) is 4.79 Å². The van der Waals surface area contributed by atoms with Gasteiger partial charge in [0.05, 0.1) is 11.7 Å². The predicted molar refractivity (Wildman–Crippen MR) is 98.2 cm³/mol. The number of nitrogens with zero attached hydrogens (tertiary/aromatic N) is 2. The maximum Gasteiger partial charge on any atom is 0.262 e. The monoisotopic (exact) mass is 326 g/mol. The molecule has 0 bridgehead atoms. The first-order chi connectivity index (χ1) is 11.2. The SMILES string of the molecule is CCCCCn1cnc2scc(-c3ccc(CC)cc3)c2c1=O. The zero-order chi connectivity index (χ0) is 16.2. The molecule has 0 spiro atoms. The van der Waals surface area contributed by atoms with Gasteiger partial charge in [-0.1, -0.05) is 51.0 Å². The molecule has 2 aromatic heterocycles. The predicted octanol–water partition coefficient (Wildman–Crippen LogP) is 4.88. The van der Waals surface area contributed by atoms with Crippen LogP contribution in [0, 0.1) is 0 Å². The molecule has 3 nitrogen and oxygen atoms in total. The molecule has 0 atom stereocenters. The van der Waals surface area contributed by atoms with E-state index in [0.717, 1.165) is 53.6 Å². The molecule has 23 heavy (non-hydrogen) atoms. The second-order valence-electron chi connectivity index (χ2n) is 5.83. The van der Waals surface area contributed by atoms with Crippen molar-refractivity contribution < 1.29 is 0 Å². The summed E-state index contributed by atoms with van der Waals surface area (Å²) in [6, 6.07) is 8.48. The number of thiophene rings is 1. The van der Waals surface area contributed by atoms with Gasteiger partial charge in [0.2, 0.25) is 0 Å². The Morgan fingerprint density at radius 2 is 1.91 bits per heavy atom. The average molecular weight is 326 g/mol. The van der Waals surface area contributed by atoms with Gasteiger partial charge in [-0.15, -0.1) is 11.3 Å². The summed E-state index contributed by atoms with van der Waals surface area (Å²) in [5, 5.41) is 2.81. The van der Waals surface area contributed by atoms with Gasteiger partial charge in [-0.05, 0) is 24.0 Å². The van der Waals surface area contributed by atoms with Gasteiger partial charge in [-0.2, -0.15) is 0 Å². The first-order valence-electron chi connectivity index (χ1n) is 8.30. The molecule has 0 aliphatic rings. The number of rotatable bonds is 6. The fraction of sp³-hybridized carbons (Fsp3) is 0.368. The van der Waals surface area contributed by atoms with Crippen molar-refractivity contribution in [1.29, 1.82) is 0 Å². The van der Waals surface area contributed by atoms with E-state index < -0.39 is 0 Å². The van der Waals surface area contributed by atoms with E-state index in [0.29, 0.717) is 0 Å². The van der Waals surface area contributed by atoms with E-state index >= 15 is 0 Å². The van der Waals surface area contributed by atoms with E-state index in [4.69, 9.17) is 0 Å². The van der Waals surface area contributed by atoms with Crippen LogP contribution in [-0.4, -0.2) is 9.55 Å². The molecule has 120 valence electrons. The number of unbranched alkanes of at least 4 members (excludes halogenated alkanes) is 2. The van der Waals surface area contributed by atoms with Crippen LogP contribution in [0.2, 0.25) is 0 Å². The summed E-state index contributed by atoms with van der Waals surface area (Å²) in [6.07, 6.45) is 6.03. The lowest BCUT2D eigenvalue weighted by Gasteiger charge is -2.06. The smallest absolute Gasteiger partial charge is 0.262 e. The summed E-state index contributed by atoms with van der Waals surface area (Å²) < 4.78 is 1.76. The molecule has 0 N–H and O–H groups in total. The number of benzene rings is 1. The highest BCUT2D eigenvalue weighted by atomic mass is 32.1. The Morgan fingerprint density at radius 1 is 1.13 bits per heavy atom. The number of hydrogen-bond acceptors (Lipinski definition) is 3. The Balaban J connectivity index is 2.03. The summed E-state index contributed by atoms with van der Waals surface area (Å²) in [5.74, 6) is 0. The molecule has 0 aliphatic heterocycles. The van der Waals surface area contributed by atoms with Crippen LogP contribution in [0.3, 0.4) is 0 Å². The Labute approximate surface area is 140 Å². The van der Waals surface area contributed by atoms with E-state index in [2.05, 4.69) is 48.5 Å². The average Bonchev–Trinajstić information content (AvgIpc) is 3.02. The largest absolute Gasteiger partial charge is 0.299 e. The van der Waals surface area contributed by atoms with Crippen molar-refractivity contribution in [1.82, 2.24) is 9.55 Å². The van der Waals surface area contributed by atoms with Crippen molar-refractivity contribution in [2.45, 2.75) is 46.1 Å². The second-order valence-corrected chi connectivity index (χ2v) is 6.69. The van der Waals surface area contributed by atoms with Gasteiger partial charge in [0, 0.05) is 17.5 Å². The van der Waals surface area contributed by atoms with Crippen molar-refractivity contribution in [3.05, 3.63) is 51.9 Å². The van der Waals surface area contributed by atoms with Crippen molar-refractivity contribution in [3.63, 3.8) is 0 Å². The fourth-order valence-corrected chi connectivity index (χ4v) is 3.70. The fourth-order valence-electron chi connectivity index (χ4n) is 2.79. The van der Waals surface area contributed by atoms with E-state index in [1.165, 1.54) is 5.56 Å². The molecule has 2 heterocycles. The van der Waals surface area contributed by atoms with Crippen molar-refractivity contribution in [2.75, 3.05) is 0 Å². The Bertz CT molecular complexity index is 846. The zero-order valence-electron chi connectivity index (χ0n) is 13.7. The number of hydrogen-bond donors (Lipinski definition) is 0. The van der Waals surface area contributed by atoms with Gasteiger partial charge in [0.15, 0.2) is 0 Å². The van der Waals surface area contributed by atoms with Crippen LogP contribution in [0.15, 0.2) is 40.8 Å². The first-order valence-corrected chi connectivity index (χ1v) is 9.18. The third-order valence-electron chi connectivity index (χ3n) is 4.24. The summed E-state index contributed by atoms with van der Waals surface area (Å²) in [4.78, 5) is 18.1. The highest BCUT2D eigenvalue weighted by Crippen LogP contribution is 2.30. The molecule has 0 unspecified atom stereocenters. The summed E-state index contributed by atoms with van der Waals surface area (Å²) >= 11 is 1.55. The minimum atomic E-state index is 0.0851. The van der Waals surface area contributed by atoms with Crippen molar-refractivity contribution in [2.24, 2.45) is 0 Å². The van der Waals surface area contributed by atoms with Gasteiger partial charge >= 0.3 is 0 Å².